The van der Waals surface area contributed by atoms with Gasteiger partial charge in [0.25, 0.3) is 5.91 Å². The summed E-state index contributed by atoms with van der Waals surface area (Å²) in [7, 11) is 0. The summed E-state index contributed by atoms with van der Waals surface area (Å²) in [5, 5.41) is 15.9. The van der Waals surface area contributed by atoms with E-state index in [1.54, 1.807) is 12.1 Å². The molecule has 0 unspecified atom stereocenters. The van der Waals surface area contributed by atoms with Gasteiger partial charge in [0.05, 0.1) is 12.1 Å². The van der Waals surface area contributed by atoms with Crippen LogP contribution in [-0.2, 0) is 10.2 Å². The smallest absolute Gasteiger partial charge is 0.251 e. The number of amides is 2. The first kappa shape index (κ1) is 20.4. The standard InChI is InChI=1S/C21H32N2O3/c1-20(2,3)17-10-8-16(9-11-17)19(25)22-14-18(24)23-15-21(26)12-6-4-5-7-13-21/h8-11,26H,4-7,12-15H2,1-3H3,(H,22,25)(H,23,24). The zero-order valence-electron chi connectivity index (χ0n) is 16.2. The van der Waals surface area contributed by atoms with Crippen molar-refractivity contribution in [1.29, 1.82) is 0 Å². The first-order valence-electron chi connectivity index (χ1n) is 9.57. The molecule has 5 heteroatoms. The van der Waals surface area contributed by atoms with Gasteiger partial charge in [0.15, 0.2) is 0 Å². The monoisotopic (exact) mass is 360 g/mol. The van der Waals surface area contributed by atoms with Crippen molar-refractivity contribution in [1.82, 2.24) is 10.6 Å². The van der Waals surface area contributed by atoms with Gasteiger partial charge in [-0.1, -0.05) is 58.6 Å². The fraction of sp³-hybridized carbons (Fsp3) is 0.619. The Morgan fingerprint density at radius 3 is 2.12 bits per heavy atom. The third-order valence-corrected chi connectivity index (χ3v) is 5.07. The van der Waals surface area contributed by atoms with Crippen molar-refractivity contribution in [3.8, 4) is 0 Å². The molecule has 1 aliphatic rings. The number of aliphatic hydroxyl groups is 1. The molecule has 0 heterocycles. The van der Waals surface area contributed by atoms with Crippen LogP contribution in [0.4, 0.5) is 0 Å². The summed E-state index contributed by atoms with van der Waals surface area (Å²) in [4.78, 5) is 24.2. The van der Waals surface area contributed by atoms with Gasteiger partial charge in [0.2, 0.25) is 5.91 Å². The Labute approximate surface area is 156 Å². The Morgan fingerprint density at radius 1 is 1.00 bits per heavy atom. The van der Waals surface area contributed by atoms with Crippen LogP contribution in [0.5, 0.6) is 0 Å². The summed E-state index contributed by atoms with van der Waals surface area (Å²) in [5.74, 6) is -0.545. The Bertz CT molecular complexity index is 609. The maximum Gasteiger partial charge on any atom is 0.251 e. The summed E-state index contributed by atoms with van der Waals surface area (Å²) in [6, 6.07) is 7.44. The zero-order valence-corrected chi connectivity index (χ0v) is 16.2. The molecule has 0 saturated heterocycles. The van der Waals surface area contributed by atoms with Crippen molar-refractivity contribution in [2.75, 3.05) is 13.1 Å². The highest BCUT2D eigenvalue weighted by atomic mass is 16.3. The minimum Gasteiger partial charge on any atom is -0.388 e. The predicted octanol–water partition coefficient (Wildman–Crippen LogP) is 2.92. The molecular formula is C21H32N2O3. The molecule has 1 aromatic rings. The predicted molar refractivity (Wildman–Crippen MR) is 103 cm³/mol. The Kier molecular flexibility index (Phi) is 6.81. The van der Waals surface area contributed by atoms with Gasteiger partial charge in [-0.2, -0.15) is 0 Å². The minimum absolute atomic E-state index is 0.0349. The molecule has 3 N–H and O–H groups in total. The lowest BCUT2D eigenvalue weighted by atomic mass is 9.87. The molecule has 1 saturated carbocycles. The second kappa shape index (κ2) is 8.67. The van der Waals surface area contributed by atoms with Crippen LogP contribution in [0.2, 0.25) is 0 Å². The number of hydrogen-bond donors (Lipinski definition) is 3. The Morgan fingerprint density at radius 2 is 1.58 bits per heavy atom. The molecule has 0 aromatic heterocycles. The van der Waals surface area contributed by atoms with Crippen molar-refractivity contribution < 1.29 is 14.7 Å². The van der Waals surface area contributed by atoms with Crippen LogP contribution >= 0.6 is 0 Å². The van der Waals surface area contributed by atoms with Crippen LogP contribution in [0.1, 0.15) is 75.2 Å². The molecule has 26 heavy (non-hydrogen) atoms. The first-order chi connectivity index (χ1) is 12.2. The number of carbonyl (C=O) groups excluding carboxylic acids is 2. The number of benzene rings is 1. The third kappa shape index (κ3) is 6.13. The molecule has 144 valence electrons. The summed E-state index contributed by atoms with van der Waals surface area (Å²) >= 11 is 0. The normalized spacial score (nSPS) is 17.2. The number of nitrogens with one attached hydrogen (secondary N) is 2. The van der Waals surface area contributed by atoms with Crippen LogP contribution in [0, 0.1) is 0 Å². The first-order valence-corrected chi connectivity index (χ1v) is 9.57. The van der Waals surface area contributed by atoms with Crippen LogP contribution < -0.4 is 10.6 Å². The van der Waals surface area contributed by atoms with Gasteiger partial charge in [0, 0.05) is 12.1 Å². The highest BCUT2D eigenvalue weighted by molar-refractivity contribution is 5.96. The van der Waals surface area contributed by atoms with Crippen LogP contribution in [0.15, 0.2) is 24.3 Å². The second-order valence-electron chi connectivity index (χ2n) is 8.43. The van der Waals surface area contributed by atoms with Crippen LogP contribution in [-0.4, -0.2) is 35.6 Å². The van der Waals surface area contributed by atoms with Crippen molar-refractivity contribution in [2.45, 2.75) is 70.3 Å². The van der Waals surface area contributed by atoms with Gasteiger partial charge in [-0.3, -0.25) is 9.59 Å². The van der Waals surface area contributed by atoms with E-state index in [2.05, 4.69) is 31.4 Å². The van der Waals surface area contributed by atoms with E-state index in [9.17, 15) is 14.7 Å². The second-order valence-corrected chi connectivity index (χ2v) is 8.43. The van der Waals surface area contributed by atoms with Crippen molar-refractivity contribution >= 4 is 11.8 Å². The maximum absolute atomic E-state index is 12.2. The Balaban J connectivity index is 1.78. The van der Waals surface area contributed by atoms with Gasteiger partial charge in [0.1, 0.15) is 0 Å². The molecule has 0 atom stereocenters. The minimum atomic E-state index is -0.807. The van der Waals surface area contributed by atoms with Gasteiger partial charge >= 0.3 is 0 Å². The van der Waals surface area contributed by atoms with Crippen molar-refractivity contribution in [3.05, 3.63) is 35.4 Å². The van der Waals surface area contributed by atoms with Gasteiger partial charge in [-0.05, 0) is 36.0 Å². The van der Waals surface area contributed by atoms with E-state index in [-0.39, 0.29) is 30.3 Å². The highest BCUT2D eigenvalue weighted by Crippen LogP contribution is 2.26. The quantitative estimate of drug-likeness (QED) is 0.707. The van der Waals surface area contributed by atoms with E-state index in [1.807, 2.05) is 12.1 Å². The number of carbonyl (C=O) groups is 2. The molecule has 2 amide bonds. The molecule has 1 aromatic carbocycles. The molecule has 0 bridgehead atoms. The highest BCUT2D eigenvalue weighted by Gasteiger charge is 2.28. The number of rotatable bonds is 5. The summed E-state index contributed by atoms with van der Waals surface area (Å²) < 4.78 is 0. The molecule has 0 aliphatic heterocycles. The summed E-state index contributed by atoms with van der Waals surface area (Å²) in [6.45, 7) is 6.52. The fourth-order valence-electron chi connectivity index (χ4n) is 3.27. The number of hydrogen-bond acceptors (Lipinski definition) is 3. The molecule has 5 nitrogen and oxygen atoms in total. The van der Waals surface area contributed by atoms with E-state index >= 15 is 0 Å². The topological polar surface area (TPSA) is 78.4 Å². The van der Waals surface area contributed by atoms with Crippen molar-refractivity contribution in [2.24, 2.45) is 0 Å². The lowest BCUT2D eigenvalue weighted by Gasteiger charge is -2.26. The van der Waals surface area contributed by atoms with Gasteiger partial charge < -0.3 is 15.7 Å². The zero-order chi connectivity index (χ0) is 19.2. The summed E-state index contributed by atoms with van der Waals surface area (Å²) in [5.41, 5.74) is 0.920. The van der Waals surface area contributed by atoms with Crippen molar-refractivity contribution in [3.63, 3.8) is 0 Å². The molecule has 2 rings (SSSR count). The third-order valence-electron chi connectivity index (χ3n) is 5.07. The SMILES string of the molecule is CC(C)(C)c1ccc(C(=O)NCC(=O)NCC2(O)CCCCCC2)cc1. The molecular weight excluding hydrogens is 328 g/mol. The van der Waals surface area contributed by atoms with E-state index < -0.39 is 5.60 Å². The van der Waals surface area contributed by atoms with Gasteiger partial charge in [-0.15, -0.1) is 0 Å². The maximum atomic E-state index is 12.2. The Hall–Kier alpha value is -1.88. The fourth-order valence-corrected chi connectivity index (χ4v) is 3.27. The van der Waals surface area contributed by atoms with E-state index in [1.165, 1.54) is 0 Å². The van der Waals surface area contributed by atoms with Crippen LogP contribution in [0.3, 0.4) is 0 Å². The molecule has 1 aliphatic carbocycles. The largest absolute Gasteiger partial charge is 0.388 e. The summed E-state index contributed by atoms with van der Waals surface area (Å²) in [6.07, 6.45) is 5.71. The van der Waals surface area contributed by atoms with Crippen LogP contribution in [0.25, 0.3) is 0 Å². The lowest BCUT2D eigenvalue weighted by Crippen LogP contribution is -2.45. The van der Waals surface area contributed by atoms with E-state index in [4.69, 9.17) is 0 Å². The van der Waals surface area contributed by atoms with Gasteiger partial charge in [-0.25, -0.2) is 0 Å². The van der Waals surface area contributed by atoms with E-state index in [0.717, 1.165) is 44.1 Å². The average molecular weight is 360 g/mol. The van der Waals surface area contributed by atoms with E-state index in [0.29, 0.717) is 5.56 Å². The molecule has 1 fully saturated rings. The average Bonchev–Trinajstić information content (AvgIpc) is 2.82. The molecule has 0 spiro atoms. The lowest BCUT2D eigenvalue weighted by molar-refractivity contribution is -0.121. The molecule has 0 radical (unpaired) electrons.